The number of alkyl halides is 1. The number of benzene rings is 1. The summed E-state index contributed by atoms with van der Waals surface area (Å²) in [4.78, 5) is 10.6. The van der Waals surface area contributed by atoms with Crippen LogP contribution in [0.25, 0.3) is 0 Å². The highest BCUT2D eigenvalue weighted by Gasteiger charge is 2.24. The second-order valence-corrected chi connectivity index (χ2v) is 5.47. The molecule has 1 aromatic carbocycles. The number of rotatable bonds is 4. The van der Waals surface area contributed by atoms with Gasteiger partial charge in [0.2, 0.25) is 0 Å². The van der Waals surface area contributed by atoms with Crippen LogP contribution in [0.2, 0.25) is 0 Å². The molecule has 0 bridgehead atoms. The lowest BCUT2D eigenvalue weighted by Gasteiger charge is -2.27. The molecule has 2 unspecified atom stereocenters. The van der Waals surface area contributed by atoms with Gasteiger partial charge in [0.25, 0.3) is 0 Å². The summed E-state index contributed by atoms with van der Waals surface area (Å²) in [6.45, 7) is 2.19. The molecule has 2 atom stereocenters. The summed E-state index contributed by atoms with van der Waals surface area (Å²) in [5.74, 6) is 1.30. The third-order valence-electron chi connectivity index (χ3n) is 3.56. The number of nitro groups is 1. The highest BCUT2D eigenvalue weighted by Crippen LogP contribution is 2.33. The van der Waals surface area contributed by atoms with Gasteiger partial charge in [-0.05, 0) is 36.8 Å². The Morgan fingerprint density at radius 3 is 2.89 bits per heavy atom. The molecule has 19 heavy (non-hydrogen) atoms. The van der Waals surface area contributed by atoms with Gasteiger partial charge in [-0.1, -0.05) is 19.4 Å². The molecule has 0 heterocycles. The second kappa shape index (κ2) is 6.24. The fraction of sp³-hybridized carbons (Fsp3) is 0.571. The van der Waals surface area contributed by atoms with Crippen LogP contribution in [-0.2, 0) is 5.88 Å². The van der Waals surface area contributed by atoms with E-state index in [-0.39, 0.29) is 11.8 Å². The van der Waals surface area contributed by atoms with Crippen molar-refractivity contribution in [1.29, 1.82) is 0 Å². The van der Waals surface area contributed by atoms with E-state index in [4.69, 9.17) is 16.3 Å². The van der Waals surface area contributed by atoms with Crippen molar-refractivity contribution in [1.82, 2.24) is 0 Å². The van der Waals surface area contributed by atoms with E-state index in [2.05, 4.69) is 6.92 Å². The molecule has 0 saturated heterocycles. The van der Waals surface area contributed by atoms with Crippen molar-refractivity contribution >= 4 is 17.3 Å². The fourth-order valence-corrected chi connectivity index (χ4v) is 2.72. The molecular formula is C14H18ClNO3. The van der Waals surface area contributed by atoms with Crippen LogP contribution in [-0.4, -0.2) is 11.0 Å². The molecule has 2 rings (SSSR count). The zero-order valence-corrected chi connectivity index (χ0v) is 11.7. The molecule has 1 aliphatic rings. The molecule has 0 aliphatic heterocycles. The van der Waals surface area contributed by atoms with E-state index in [0.29, 0.717) is 17.5 Å². The zero-order valence-electron chi connectivity index (χ0n) is 11.0. The van der Waals surface area contributed by atoms with Crippen molar-refractivity contribution in [2.24, 2.45) is 5.92 Å². The van der Waals surface area contributed by atoms with Gasteiger partial charge in [-0.3, -0.25) is 10.1 Å². The summed E-state index contributed by atoms with van der Waals surface area (Å²) in [6.07, 6.45) is 4.33. The summed E-state index contributed by atoms with van der Waals surface area (Å²) in [5.41, 5.74) is 0.859. The Kier molecular flexibility index (Phi) is 4.64. The Morgan fingerprint density at radius 2 is 2.26 bits per heavy atom. The van der Waals surface area contributed by atoms with E-state index >= 15 is 0 Å². The van der Waals surface area contributed by atoms with Crippen LogP contribution in [0, 0.1) is 16.0 Å². The van der Waals surface area contributed by atoms with E-state index in [0.717, 1.165) is 24.8 Å². The van der Waals surface area contributed by atoms with Gasteiger partial charge in [0.05, 0.1) is 11.0 Å². The summed E-state index contributed by atoms with van der Waals surface area (Å²) in [7, 11) is 0. The molecule has 1 aromatic rings. The number of hydrogen-bond donors (Lipinski definition) is 0. The average molecular weight is 284 g/mol. The second-order valence-electron chi connectivity index (χ2n) is 5.20. The van der Waals surface area contributed by atoms with Gasteiger partial charge < -0.3 is 4.74 Å². The van der Waals surface area contributed by atoms with Crippen LogP contribution in [0.1, 0.15) is 38.2 Å². The van der Waals surface area contributed by atoms with E-state index in [1.807, 2.05) is 0 Å². The van der Waals surface area contributed by atoms with Gasteiger partial charge in [-0.25, -0.2) is 0 Å². The van der Waals surface area contributed by atoms with Crippen LogP contribution in [0.5, 0.6) is 5.75 Å². The summed E-state index contributed by atoms with van der Waals surface area (Å²) in [6, 6.07) is 4.82. The monoisotopic (exact) mass is 283 g/mol. The molecule has 4 nitrogen and oxygen atoms in total. The predicted molar refractivity (Wildman–Crippen MR) is 74.7 cm³/mol. The number of nitrogens with zero attached hydrogens (tertiary/aromatic N) is 1. The van der Waals surface area contributed by atoms with Gasteiger partial charge in [0.15, 0.2) is 5.75 Å². The number of nitro benzene ring substituents is 1. The minimum Gasteiger partial charge on any atom is -0.483 e. The van der Waals surface area contributed by atoms with Crippen molar-refractivity contribution in [3.8, 4) is 5.75 Å². The molecule has 1 saturated carbocycles. The van der Waals surface area contributed by atoms with E-state index in [1.165, 1.54) is 12.5 Å². The smallest absolute Gasteiger partial charge is 0.310 e. The molecular weight excluding hydrogens is 266 g/mol. The molecule has 0 radical (unpaired) electrons. The van der Waals surface area contributed by atoms with Crippen LogP contribution in [0.4, 0.5) is 5.69 Å². The molecule has 1 aliphatic carbocycles. The lowest BCUT2D eigenvalue weighted by Crippen LogP contribution is -2.24. The molecule has 104 valence electrons. The predicted octanol–water partition coefficient (Wildman–Crippen LogP) is 4.29. The van der Waals surface area contributed by atoms with E-state index < -0.39 is 4.92 Å². The number of ether oxygens (including phenoxy) is 1. The first-order chi connectivity index (χ1) is 9.10. The van der Waals surface area contributed by atoms with Gasteiger partial charge in [-0.15, -0.1) is 11.6 Å². The van der Waals surface area contributed by atoms with Crippen molar-refractivity contribution in [2.45, 2.75) is 44.6 Å². The summed E-state index contributed by atoms with van der Waals surface area (Å²) in [5, 5.41) is 11.0. The van der Waals surface area contributed by atoms with E-state index in [9.17, 15) is 10.1 Å². The minimum absolute atomic E-state index is 0.0205. The first-order valence-corrected chi connectivity index (χ1v) is 7.13. The third kappa shape index (κ3) is 3.60. The van der Waals surface area contributed by atoms with Crippen molar-refractivity contribution in [3.63, 3.8) is 0 Å². The normalized spacial score (nSPS) is 23.1. The third-order valence-corrected chi connectivity index (χ3v) is 3.87. The first-order valence-electron chi connectivity index (χ1n) is 6.60. The maximum absolute atomic E-state index is 11.0. The van der Waals surface area contributed by atoms with Gasteiger partial charge >= 0.3 is 5.69 Å². The van der Waals surface area contributed by atoms with Crippen LogP contribution in [0.15, 0.2) is 18.2 Å². The Hall–Kier alpha value is -1.29. The highest BCUT2D eigenvalue weighted by molar-refractivity contribution is 6.17. The molecule has 0 N–H and O–H groups in total. The van der Waals surface area contributed by atoms with Crippen LogP contribution < -0.4 is 4.74 Å². The standard InChI is InChI=1S/C14H18ClNO3/c1-10-3-2-4-12(7-10)19-14-8-11(9-15)5-6-13(14)16(17)18/h5-6,8,10,12H,2-4,7,9H2,1H3. The van der Waals surface area contributed by atoms with Crippen molar-refractivity contribution < 1.29 is 9.66 Å². The van der Waals surface area contributed by atoms with Crippen LogP contribution in [0.3, 0.4) is 0 Å². The van der Waals surface area contributed by atoms with Crippen molar-refractivity contribution in [3.05, 3.63) is 33.9 Å². The zero-order chi connectivity index (χ0) is 13.8. The Labute approximate surface area is 117 Å². The average Bonchev–Trinajstić information content (AvgIpc) is 2.38. The summed E-state index contributed by atoms with van der Waals surface area (Å²) < 4.78 is 5.86. The van der Waals surface area contributed by atoms with Crippen molar-refractivity contribution in [2.75, 3.05) is 0 Å². The quantitative estimate of drug-likeness (QED) is 0.470. The SMILES string of the molecule is CC1CCCC(Oc2cc(CCl)ccc2[N+](=O)[O-])C1. The number of halogens is 1. The molecule has 0 aromatic heterocycles. The van der Waals surface area contributed by atoms with Crippen LogP contribution >= 0.6 is 11.6 Å². The Bertz CT molecular complexity index is 464. The van der Waals surface area contributed by atoms with Gasteiger partial charge in [-0.2, -0.15) is 0 Å². The largest absolute Gasteiger partial charge is 0.483 e. The minimum atomic E-state index is -0.403. The molecule has 0 spiro atoms. The lowest BCUT2D eigenvalue weighted by atomic mass is 9.89. The van der Waals surface area contributed by atoms with Gasteiger partial charge in [0.1, 0.15) is 0 Å². The maximum Gasteiger partial charge on any atom is 0.310 e. The number of hydrogen-bond acceptors (Lipinski definition) is 3. The van der Waals surface area contributed by atoms with E-state index in [1.54, 1.807) is 12.1 Å². The first kappa shape index (κ1) is 14.1. The Balaban J connectivity index is 2.19. The van der Waals surface area contributed by atoms with Gasteiger partial charge in [0, 0.05) is 11.9 Å². The molecule has 5 heteroatoms. The summed E-state index contributed by atoms with van der Waals surface area (Å²) >= 11 is 5.77. The maximum atomic E-state index is 11.0. The molecule has 1 fully saturated rings. The Morgan fingerprint density at radius 1 is 1.47 bits per heavy atom. The fourth-order valence-electron chi connectivity index (χ4n) is 2.55. The highest BCUT2D eigenvalue weighted by atomic mass is 35.5. The molecule has 0 amide bonds. The lowest BCUT2D eigenvalue weighted by molar-refractivity contribution is -0.386. The topological polar surface area (TPSA) is 52.4 Å².